The van der Waals surface area contributed by atoms with Crippen molar-refractivity contribution in [2.24, 2.45) is 5.73 Å². The van der Waals surface area contributed by atoms with Crippen LogP contribution in [0, 0.1) is 0 Å². The van der Waals surface area contributed by atoms with E-state index in [1.165, 1.54) is 38.4 Å². The molecule has 186 valence electrons. The number of hydrogen-bond acceptors (Lipinski definition) is 4. The van der Waals surface area contributed by atoms with Crippen LogP contribution in [0.25, 0.3) is 44.5 Å². The molecule has 0 aliphatic carbocycles. The Bertz CT molecular complexity index is 1740. The Balaban J connectivity index is 1.28. The lowest BCUT2D eigenvalue weighted by atomic mass is 9.90. The van der Waals surface area contributed by atoms with Gasteiger partial charge in [-0.05, 0) is 51.4 Å². The normalized spacial score (nSPS) is 17.1. The fraction of sp³-hybridized carbons (Fsp3) is 0.0909. The zero-order valence-corrected chi connectivity index (χ0v) is 20.9. The van der Waals surface area contributed by atoms with E-state index in [1.807, 2.05) is 6.20 Å². The molecular weight excluding hydrogens is 466 g/mol. The van der Waals surface area contributed by atoms with E-state index in [2.05, 4.69) is 136 Å². The molecule has 2 unspecified atom stereocenters. The summed E-state index contributed by atoms with van der Waals surface area (Å²) in [6.07, 6.45) is 9.91. The van der Waals surface area contributed by atoms with Crippen molar-refractivity contribution in [3.63, 3.8) is 0 Å². The Hall–Kier alpha value is -4.58. The third kappa shape index (κ3) is 3.72. The summed E-state index contributed by atoms with van der Waals surface area (Å²) < 4.78 is 2.17. The molecule has 1 aromatic heterocycles. The average Bonchev–Trinajstić information content (AvgIpc) is 3.32. The van der Waals surface area contributed by atoms with Gasteiger partial charge < -0.3 is 10.6 Å². The van der Waals surface area contributed by atoms with Crippen LogP contribution in [0.1, 0.15) is 17.4 Å². The highest BCUT2D eigenvalue weighted by atomic mass is 15.3. The van der Waals surface area contributed by atoms with E-state index in [-0.39, 0.29) is 6.17 Å². The molecule has 5 N–H and O–H groups in total. The molecule has 7 rings (SSSR count). The van der Waals surface area contributed by atoms with Gasteiger partial charge in [-0.25, -0.2) is 0 Å². The first-order valence-corrected chi connectivity index (χ1v) is 13.0. The second kappa shape index (κ2) is 9.38. The topological polar surface area (TPSA) is 67.0 Å². The minimum absolute atomic E-state index is 0.170. The Kier molecular flexibility index (Phi) is 5.58. The summed E-state index contributed by atoms with van der Waals surface area (Å²) in [7, 11) is 0. The fourth-order valence-electron chi connectivity index (χ4n) is 5.80. The summed E-state index contributed by atoms with van der Waals surface area (Å²) in [6, 6.07) is 32.1. The predicted octanol–water partition coefficient (Wildman–Crippen LogP) is 6.43. The largest absolute Gasteiger partial charge is 0.372 e. The summed E-state index contributed by atoms with van der Waals surface area (Å²) in [5.41, 5.74) is 14.0. The van der Waals surface area contributed by atoms with Crippen LogP contribution in [0.15, 0.2) is 115 Å². The SMILES string of the molecule is NC(NC1NC=CC=C1c1ccc(-c2ccccc2)c2ccccc12)n1c2c(c3ccccc31)C=CCN2. The minimum atomic E-state index is -0.454. The maximum atomic E-state index is 6.91. The van der Waals surface area contributed by atoms with E-state index < -0.39 is 6.29 Å². The van der Waals surface area contributed by atoms with Crippen LogP contribution in [0.3, 0.4) is 0 Å². The van der Waals surface area contributed by atoms with Gasteiger partial charge in [-0.1, -0.05) is 103 Å². The molecule has 5 nitrogen and oxygen atoms in total. The molecule has 0 saturated carbocycles. The zero-order valence-electron chi connectivity index (χ0n) is 20.9. The molecule has 4 aromatic carbocycles. The van der Waals surface area contributed by atoms with Crippen molar-refractivity contribution in [1.82, 2.24) is 15.2 Å². The van der Waals surface area contributed by atoms with Gasteiger partial charge in [0.05, 0.1) is 5.52 Å². The number of rotatable bonds is 5. The summed E-state index contributed by atoms with van der Waals surface area (Å²) in [5, 5.41) is 14.4. The molecule has 2 atom stereocenters. The first-order chi connectivity index (χ1) is 18.8. The molecular formula is C33H29N5. The van der Waals surface area contributed by atoms with Gasteiger partial charge in [0, 0.05) is 17.5 Å². The van der Waals surface area contributed by atoms with Crippen LogP contribution in [0.2, 0.25) is 0 Å². The lowest BCUT2D eigenvalue weighted by molar-refractivity contribution is 0.386. The van der Waals surface area contributed by atoms with E-state index in [4.69, 9.17) is 5.73 Å². The molecule has 0 amide bonds. The van der Waals surface area contributed by atoms with Gasteiger partial charge in [0.25, 0.3) is 0 Å². The van der Waals surface area contributed by atoms with Gasteiger partial charge in [-0.3, -0.25) is 15.6 Å². The van der Waals surface area contributed by atoms with Crippen LogP contribution in [0.4, 0.5) is 5.82 Å². The van der Waals surface area contributed by atoms with Gasteiger partial charge >= 0.3 is 0 Å². The van der Waals surface area contributed by atoms with Gasteiger partial charge in [0.2, 0.25) is 0 Å². The first kappa shape index (κ1) is 22.6. The van der Waals surface area contributed by atoms with Gasteiger partial charge in [0.15, 0.2) is 0 Å². The molecule has 0 spiro atoms. The van der Waals surface area contributed by atoms with Crippen molar-refractivity contribution in [2.45, 2.75) is 12.5 Å². The molecule has 0 fully saturated rings. The van der Waals surface area contributed by atoms with E-state index in [9.17, 15) is 0 Å². The van der Waals surface area contributed by atoms with Gasteiger partial charge in [-0.2, -0.15) is 0 Å². The van der Waals surface area contributed by atoms with Gasteiger partial charge in [-0.15, -0.1) is 0 Å². The van der Waals surface area contributed by atoms with Crippen LogP contribution >= 0.6 is 0 Å². The summed E-state index contributed by atoms with van der Waals surface area (Å²) in [5.74, 6) is 1.04. The van der Waals surface area contributed by atoms with Gasteiger partial charge in [0.1, 0.15) is 18.3 Å². The second-order valence-corrected chi connectivity index (χ2v) is 9.70. The molecule has 38 heavy (non-hydrogen) atoms. The number of allylic oxidation sites excluding steroid dienone is 2. The third-order valence-corrected chi connectivity index (χ3v) is 7.50. The number of anilines is 1. The van der Waals surface area contributed by atoms with Crippen molar-refractivity contribution in [1.29, 1.82) is 0 Å². The number of hydrogen-bond donors (Lipinski definition) is 4. The van der Waals surface area contributed by atoms with E-state index in [0.29, 0.717) is 0 Å². The van der Waals surface area contributed by atoms with E-state index in [0.717, 1.165) is 23.5 Å². The average molecular weight is 496 g/mol. The highest BCUT2D eigenvalue weighted by Crippen LogP contribution is 2.37. The van der Waals surface area contributed by atoms with Crippen molar-refractivity contribution in [2.75, 3.05) is 11.9 Å². The summed E-state index contributed by atoms with van der Waals surface area (Å²) >= 11 is 0. The molecule has 5 aromatic rings. The molecule has 0 bridgehead atoms. The molecule has 0 saturated heterocycles. The molecule has 5 heteroatoms. The lowest BCUT2D eigenvalue weighted by Crippen LogP contribution is -2.48. The zero-order chi connectivity index (χ0) is 25.5. The highest BCUT2D eigenvalue weighted by molar-refractivity contribution is 6.03. The van der Waals surface area contributed by atoms with Crippen LogP contribution < -0.4 is 21.7 Å². The smallest absolute Gasteiger partial charge is 0.139 e. The number of nitrogens with one attached hydrogen (secondary N) is 3. The predicted molar refractivity (Wildman–Crippen MR) is 159 cm³/mol. The number of benzene rings is 4. The monoisotopic (exact) mass is 495 g/mol. The molecule has 2 aliphatic heterocycles. The second-order valence-electron chi connectivity index (χ2n) is 9.70. The number of nitrogens with zero attached hydrogens (tertiary/aromatic N) is 1. The molecule has 0 radical (unpaired) electrons. The maximum absolute atomic E-state index is 6.91. The number of dihydropyridines is 1. The van der Waals surface area contributed by atoms with E-state index >= 15 is 0 Å². The number of fused-ring (bicyclic) bond motifs is 4. The van der Waals surface area contributed by atoms with Crippen molar-refractivity contribution < 1.29 is 0 Å². The quantitative estimate of drug-likeness (QED) is 0.212. The van der Waals surface area contributed by atoms with Crippen LogP contribution in [-0.4, -0.2) is 17.3 Å². The third-order valence-electron chi connectivity index (χ3n) is 7.50. The van der Waals surface area contributed by atoms with Crippen LogP contribution in [0.5, 0.6) is 0 Å². The standard InChI is InChI=1S/C33H29N5/c34-33(38-30-17-7-6-14-27(30)29-16-9-21-36-32(29)38)37-31-28(15-8-20-35-31)26-19-18-23(22-10-2-1-3-11-22)24-12-4-5-13-25(24)26/h1-20,31,33,35-37H,21,34H2. The number of nitrogens with two attached hydrogens (primary N) is 1. The summed E-state index contributed by atoms with van der Waals surface area (Å²) in [6.45, 7) is 0.783. The maximum Gasteiger partial charge on any atom is 0.139 e. The number of para-hydroxylation sites is 1. The van der Waals surface area contributed by atoms with Crippen molar-refractivity contribution >= 4 is 39.1 Å². The Morgan fingerprint density at radius 3 is 2.37 bits per heavy atom. The lowest BCUT2D eigenvalue weighted by Gasteiger charge is -2.30. The Morgan fingerprint density at radius 1 is 0.816 bits per heavy atom. The molecule has 2 aliphatic rings. The fourth-order valence-corrected chi connectivity index (χ4v) is 5.80. The highest BCUT2D eigenvalue weighted by Gasteiger charge is 2.25. The Morgan fingerprint density at radius 2 is 1.53 bits per heavy atom. The summed E-state index contributed by atoms with van der Waals surface area (Å²) in [4.78, 5) is 0. The van der Waals surface area contributed by atoms with Crippen molar-refractivity contribution in [3.8, 4) is 11.1 Å². The molecule has 3 heterocycles. The van der Waals surface area contributed by atoms with E-state index in [1.54, 1.807) is 0 Å². The minimum Gasteiger partial charge on any atom is -0.372 e. The van der Waals surface area contributed by atoms with Crippen LogP contribution in [-0.2, 0) is 0 Å². The number of aromatic nitrogens is 1. The Labute approximate surface area is 222 Å². The van der Waals surface area contributed by atoms with Crippen molar-refractivity contribution in [3.05, 3.63) is 127 Å². The first-order valence-electron chi connectivity index (χ1n) is 13.0.